The summed E-state index contributed by atoms with van der Waals surface area (Å²) in [4.78, 5) is 32.2. The van der Waals surface area contributed by atoms with Crippen LogP contribution in [0.5, 0.6) is 0 Å². The summed E-state index contributed by atoms with van der Waals surface area (Å²) < 4.78 is 0. The first-order valence-electron chi connectivity index (χ1n) is 14.8. The van der Waals surface area contributed by atoms with Crippen molar-refractivity contribution < 1.29 is 19.5 Å². The Hall–Kier alpha value is -1.65. The van der Waals surface area contributed by atoms with Crippen LogP contribution in [0.25, 0.3) is 0 Å². The first-order valence-corrected chi connectivity index (χ1v) is 14.8. The second-order valence-corrected chi connectivity index (χ2v) is 15.2. The molecule has 0 radical (unpaired) electrons. The molecule has 1 unspecified atom stereocenters. The van der Waals surface area contributed by atoms with E-state index in [-0.39, 0.29) is 38.9 Å². The van der Waals surface area contributed by atoms with Crippen molar-refractivity contribution in [1.82, 2.24) is 0 Å². The van der Waals surface area contributed by atoms with Crippen molar-refractivity contribution in [3.63, 3.8) is 0 Å². The summed E-state index contributed by atoms with van der Waals surface area (Å²) in [7, 11) is 0. The third-order valence-corrected chi connectivity index (χ3v) is 13.2. The molecule has 5 heteroatoms. The lowest BCUT2D eigenvalue weighted by Crippen LogP contribution is -2.66. The Kier molecular flexibility index (Phi) is 5.95. The molecule has 0 aromatic carbocycles. The van der Waals surface area contributed by atoms with E-state index in [9.17, 15) is 14.7 Å². The van der Waals surface area contributed by atoms with Gasteiger partial charge in [-0.05, 0) is 111 Å². The first kappa shape index (κ1) is 26.9. The van der Waals surface area contributed by atoms with Crippen LogP contribution in [0.1, 0.15) is 113 Å². The molecule has 206 valence electrons. The predicted molar refractivity (Wildman–Crippen MR) is 146 cm³/mol. The highest BCUT2D eigenvalue weighted by Gasteiger charge is 2.70. The topological polar surface area (TPSA) is 76.0 Å². The number of carbonyl (C=O) groups excluding carboxylic acids is 1. The minimum atomic E-state index is -0.711. The zero-order valence-electron chi connectivity index (χ0n) is 24.5. The number of allylic oxidation sites excluding steroid dienone is 2. The third kappa shape index (κ3) is 3.43. The summed E-state index contributed by atoms with van der Waals surface area (Å²) in [6.07, 6.45) is 10.5. The van der Waals surface area contributed by atoms with Gasteiger partial charge in [-0.2, -0.15) is 0 Å². The van der Waals surface area contributed by atoms with Crippen molar-refractivity contribution in [1.29, 1.82) is 0 Å². The number of hydrogen-bond acceptors (Lipinski definition) is 4. The van der Waals surface area contributed by atoms with Crippen LogP contribution in [-0.4, -0.2) is 29.2 Å². The van der Waals surface area contributed by atoms with Crippen LogP contribution >= 0.6 is 0 Å². The number of carboxylic acids is 1. The number of aliphatic carboxylic acids is 1. The molecule has 5 nitrogen and oxygen atoms in total. The maximum atomic E-state index is 14.4. The monoisotopic (exact) mass is 511 g/mol. The average Bonchev–Trinajstić information content (AvgIpc) is 2.80. The molecule has 8 atom stereocenters. The van der Waals surface area contributed by atoms with E-state index < -0.39 is 11.4 Å². The predicted octanol–water partition coefficient (Wildman–Crippen LogP) is 7.44. The zero-order valence-corrected chi connectivity index (χ0v) is 24.5. The van der Waals surface area contributed by atoms with Crippen molar-refractivity contribution in [3.8, 4) is 0 Å². The second kappa shape index (κ2) is 8.18. The molecule has 0 aromatic heterocycles. The molecule has 0 amide bonds. The normalized spacial score (nSPS) is 49.7. The van der Waals surface area contributed by atoms with Gasteiger partial charge in [0.1, 0.15) is 6.61 Å². The van der Waals surface area contributed by atoms with Crippen LogP contribution in [0, 0.1) is 50.2 Å². The van der Waals surface area contributed by atoms with Crippen LogP contribution in [0.4, 0.5) is 0 Å². The lowest BCUT2D eigenvalue weighted by Gasteiger charge is -2.70. The Morgan fingerprint density at radius 1 is 1.03 bits per heavy atom. The van der Waals surface area contributed by atoms with E-state index in [1.807, 2.05) is 19.9 Å². The molecular weight excluding hydrogens is 462 g/mol. The van der Waals surface area contributed by atoms with Gasteiger partial charge in [-0.1, -0.05) is 52.3 Å². The standard InChI is InChI=1S/C32H49NO4/c1-9-37-33-24-11-12-30(6)23(27(24,2)3)10-13-32(8)25(30)22(34)18-20-21-19-29(5,26(35)36)15-14-28(21,4)16-17-31(20,32)7/h18,21,23,25H,9-17,19H2,1-8H3,(H,35,36)/b33-24+/t21-,23-,25?,28+,29+,30-,31+,32+/m0/s1. The molecular formula is C32H49NO4. The van der Waals surface area contributed by atoms with E-state index in [4.69, 9.17) is 4.84 Å². The highest BCUT2D eigenvalue weighted by atomic mass is 16.6. The highest BCUT2D eigenvalue weighted by Crippen LogP contribution is 2.74. The summed E-state index contributed by atoms with van der Waals surface area (Å²) in [5, 5.41) is 14.7. The van der Waals surface area contributed by atoms with Gasteiger partial charge in [0, 0.05) is 11.3 Å². The van der Waals surface area contributed by atoms with Gasteiger partial charge in [-0.25, -0.2) is 0 Å². The number of hydrogen-bond donors (Lipinski definition) is 1. The summed E-state index contributed by atoms with van der Waals surface area (Å²) in [5.41, 5.74) is 1.41. The van der Waals surface area contributed by atoms with Crippen molar-refractivity contribution in [2.45, 2.75) is 113 Å². The van der Waals surface area contributed by atoms with Crippen LogP contribution in [0.2, 0.25) is 0 Å². The summed E-state index contributed by atoms with van der Waals surface area (Å²) in [5.74, 6) is 0.151. The fourth-order valence-corrected chi connectivity index (χ4v) is 10.5. The number of ketones is 1. The van der Waals surface area contributed by atoms with Gasteiger partial charge < -0.3 is 9.94 Å². The van der Waals surface area contributed by atoms with E-state index in [0.717, 1.165) is 57.1 Å². The molecule has 4 fully saturated rings. The van der Waals surface area contributed by atoms with E-state index in [0.29, 0.717) is 24.7 Å². The number of nitrogens with zero attached hydrogens (tertiary/aromatic N) is 1. The SMILES string of the molecule is CCO/N=C1\CC[C@]2(C)C3C(=O)C=C4[C@@H]5C[C@](C)(C(=O)O)CC[C@]5(C)CC[C@@]4(C)[C@]3(C)CC[C@H]2C1(C)C. The number of rotatable bonds is 3. The van der Waals surface area contributed by atoms with Gasteiger partial charge in [0.25, 0.3) is 0 Å². The maximum absolute atomic E-state index is 14.4. The second-order valence-electron chi connectivity index (χ2n) is 15.2. The molecule has 5 rings (SSSR count). The number of carboxylic acid groups (broad SMARTS) is 1. The average molecular weight is 512 g/mol. The van der Waals surface area contributed by atoms with Crippen LogP contribution in [0.3, 0.4) is 0 Å². The van der Waals surface area contributed by atoms with Crippen molar-refractivity contribution in [2.24, 2.45) is 55.4 Å². The Morgan fingerprint density at radius 2 is 1.70 bits per heavy atom. The van der Waals surface area contributed by atoms with E-state index >= 15 is 0 Å². The van der Waals surface area contributed by atoms with Crippen LogP contribution < -0.4 is 0 Å². The summed E-state index contributed by atoms with van der Waals surface area (Å²) in [6.45, 7) is 18.7. The molecule has 0 heterocycles. The lowest BCUT2D eigenvalue weighted by atomic mass is 9.33. The molecule has 5 aliphatic carbocycles. The Bertz CT molecular complexity index is 1070. The number of oxime groups is 1. The minimum Gasteiger partial charge on any atom is -0.481 e. The summed E-state index contributed by atoms with van der Waals surface area (Å²) in [6, 6.07) is 0. The molecule has 0 aromatic rings. The number of fused-ring (bicyclic) bond motifs is 7. The fourth-order valence-electron chi connectivity index (χ4n) is 10.5. The van der Waals surface area contributed by atoms with E-state index in [1.165, 1.54) is 5.57 Å². The van der Waals surface area contributed by atoms with Crippen LogP contribution in [-0.2, 0) is 14.4 Å². The molecule has 0 saturated heterocycles. The highest BCUT2D eigenvalue weighted by molar-refractivity contribution is 5.97. The molecule has 0 spiro atoms. The van der Waals surface area contributed by atoms with Gasteiger partial charge in [0.15, 0.2) is 5.78 Å². The largest absolute Gasteiger partial charge is 0.481 e. The maximum Gasteiger partial charge on any atom is 0.309 e. The fraction of sp³-hybridized carbons (Fsp3) is 0.844. The molecule has 37 heavy (non-hydrogen) atoms. The van der Waals surface area contributed by atoms with Crippen LogP contribution in [0.15, 0.2) is 16.8 Å². The molecule has 4 saturated carbocycles. The van der Waals surface area contributed by atoms with E-state index in [2.05, 4.69) is 46.7 Å². The first-order chi connectivity index (χ1) is 17.1. The Morgan fingerprint density at radius 3 is 2.35 bits per heavy atom. The quantitative estimate of drug-likeness (QED) is 0.399. The van der Waals surface area contributed by atoms with Gasteiger partial charge in [0.05, 0.1) is 11.1 Å². The Labute approximate surface area is 223 Å². The Balaban J connectivity index is 1.59. The van der Waals surface area contributed by atoms with Gasteiger partial charge in [-0.15, -0.1) is 0 Å². The third-order valence-electron chi connectivity index (χ3n) is 13.2. The molecule has 1 N–H and O–H groups in total. The smallest absolute Gasteiger partial charge is 0.309 e. The molecule has 0 aliphatic heterocycles. The molecule has 5 aliphatic rings. The zero-order chi connectivity index (χ0) is 27.2. The number of carbonyl (C=O) groups is 2. The van der Waals surface area contributed by atoms with Gasteiger partial charge >= 0.3 is 5.97 Å². The molecule has 0 bridgehead atoms. The van der Waals surface area contributed by atoms with E-state index in [1.54, 1.807) is 0 Å². The van der Waals surface area contributed by atoms with Crippen molar-refractivity contribution >= 4 is 17.5 Å². The van der Waals surface area contributed by atoms with Crippen molar-refractivity contribution in [2.75, 3.05) is 6.61 Å². The lowest BCUT2D eigenvalue weighted by molar-refractivity contribution is -0.176. The van der Waals surface area contributed by atoms with Gasteiger partial charge in [-0.3, -0.25) is 9.59 Å². The summed E-state index contributed by atoms with van der Waals surface area (Å²) >= 11 is 0. The minimum absolute atomic E-state index is 0.0146. The van der Waals surface area contributed by atoms with Crippen molar-refractivity contribution in [3.05, 3.63) is 11.6 Å². The van der Waals surface area contributed by atoms with Gasteiger partial charge in [0.2, 0.25) is 0 Å².